The Bertz CT molecular complexity index is 893. The SMILES string of the molecule is CN(C(=O)C1CC(=O)N(C2CC2)c2ccccc21)C1Cc2ccccc2C1. The van der Waals surface area contributed by atoms with Gasteiger partial charge in [-0.15, -0.1) is 0 Å². The van der Waals surface area contributed by atoms with Gasteiger partial charge in [0.1, 0.15) is 0 Å². The number of benzene rings is 2. The van der Waals surface area contributed by atoms with Gasteiger partial charge in [-0.05, 0) is 48.4 Å². The molecule has 3 aliphatic rings. The van der Waals surface area contributed by atoms with Crippen LogP contribution in [0.3, 0.4) is 0 Å². The first-order chi connectivity index (χ1) is 13.1. The van der Waals surface area contributed by atoms with Crippen molar-refractivity contribution in [2.24, 2.45) is 0 Å². The van der Waals surface area contributed by atoms with Crippen LogP contribution >= 0.6 is 0 Å². The van der Waals surface area contributed by atoms with Crippen LogP contribution in [0.15, 0.2) is 48.5 Å². The zero-order valence-corrected chi connectivity index (χ0v) is 15.6. The molecule has 2 aliphatic carbocycles. The topological polar surface area (TPSA) is 40.6 Å². The van der Waals surface area contributed by atoms with Crippen LogP contribution < -0.4 is 4.90 Å². The summed E-state index contributed by atoms with van der Waals surface area (Å²) in [6.07, 6.45) is 4.22. The highest BCUT2D eigenvalue weighted by atomic mass is 16.2. The summed E-state index contributed by atoms with van der Waals surface area (Å²) in [5.41, 5.74) is 4.62. The van der Waals surface area contributed by atoms with Gasteiger partial charge in [-0.25, -0.2) is 0 Å². The first-order valence-corrected chi connectivity index (χ1v) is 9.88. The molecule has 0 N–H and O–H groups in total. The molecule has 1 saturated carbocycles. The third-order valence-corrected chi connectivity index (χ3v) is 6.35. The monoisotopic (exact) mass is 360 g/mol. The molecular formula is C23H24N2O2. The minimum absolute atomic E-state index is 0.0732. The first kappa shape index (κ1) is 16.5. The minimum Gasteiger partial charge on any atom is -0.342 e. The number of rotatable bonds is 3. The number of hydrogen-bond acceptors (Lipinski definition) is 2. The summed E-state index contributed by atoms with van der Waals surface area (Å²) < 4.78 is 0. The van der Waals surface area contributed by atoms with E-state index in [1.807, 2.05) is 41.1 Å². The molecule has 1 aliphatic heterocycles. The average Bonchev–Trinajstić information content (AvgIpc) is 3.42. The normalized spacial score (nSPS) is 21.7. The molecule has 1 heterocycles. The fourth-order valence-corrected chi connectivity index (χ4v) is 4.71. The zero-order valence-electron chi connectivity index (χ0n) is 15.6. The van der Waals surface area contributed by atoms with E-state index in [9.17, 15) is 9.59 Å². The quantitative estimate of drug-likeness (QED) is 0.843. The highest BCUT2D eigenvalue weighted by Gasteiger charge is 2.43. The molecule has 0 spiro atoms. The molecule has 1 atom stereocenters. The Balaban J connectivity index is 1.41. The molecule has 138 valence electrons. The van der Waals surface area contributed by atoms with Crippen LogP contribution in [0.1, 0.15) is 41.9 Å². The second-order valence-corrected chi connectivity index (χ2v) is 8.09. The van der Waals surface area contributed by atoms with Crippen molar-refractivity contribution in [3.05, 3.63) is 65.2 Å². The van der Waals surface area contributed by atoms with Crippen molar-refractivity contribution in [3.8, 4) is 0 Å². The van der Waals surface area contributed by atoms with Crippen LogP contribution in [0.4, 0.5) is 5.69 Å². The van der Waals surface area contributed by atoms with E-state index < -0.39 is 0 Å². The van der Waals surface area contributed by atoms with E-state index in [0.29, 0.717) is 6.04 Å². The van der Waals surface area contributed by atoms with Gasteiger partial charge in [-0.2, -0.15) is 0 Å². The molecule has 2 aromatic carbocycles. The van der Waals surface area contributed by atoms with Gasteiger partial charge in [-0.1, -0.05) is 42.5 Å². The summed E-state index contributed by atoms with van der Waals surface area (Å²) in [7, 11) is 1.90. The van der Waals surface area contributed by atoms with E-state index in [2.05, 4.69) is 24.3 Å². The molecule has 2 amide bonds. The molecule has 1 unspecified atom stereocenters. The number of nitrogens with zero attached hydrogens (tertiary/aromatic N) is 2. The molecule has 0 radical (unpaired) electrons. The molecule has 0 saturated heterocycles. The van der Waals surface area contributed by atoms with Crippen LogP contribution in [0.25, 0.3) is 0 Å². The predicted octanol–water partition coefficient (Wildman–Crippen LogP) is 3.30. The number of hydrogen-bond donors (Lipinski definition) is 0. The number of fused-ring (bicyclic) bond motifs is 2. The summed E-state index contributed by atoms with van der Waals surface area (Å²) >= 11 is 0. The second-order valence-electron chi connectivity index (χ2n) is 8.09. The Morgan fingerprint density at radius 3 is 2.26 bits per heavy atom. The first-order valence-electron chi connectivity index (χ1n) is 9.88. The van der Waals surface area contributed by atoms with Crippen molar-refractivity contribution >= 4 is 17.5 Å². The summed E-state index contributed by atoms with van der Waals surface area (Å²) in [4.78, 5) is 30.0. The van der Waals surface area contributed by atoms with E-state index in [0.717, 1.165) is 36.9 Å². The van der Waals surface area contributed by atoms with Crippen LogP contribution in [0, 0.1) is 0 Å². The summed E-state index contributed by atoms with van der Waals surface area (Å²) in [6, 6.07) is 16.9. The number of para-hydroxylation sites is 1. The molecule has 0 bridgehead atoms. The summed E-state index contributed by atoms with van der Waals surface area (Å²) in [5.74, 6) is -0.195. The Labute approximate surface area is 159 Å². The van der Waals surface area contributed by atoms with Gasteiger partial charge in [0.25, 0.3) is 0 Å². The smallest absolute Gasteiger partial charge is 0.230 e. The van der Waals surface area contributed by atoms with E-state index in [-0.39, 0.29) is 30.2 Å². The molecular weight excluding hydrogens is 336 g/mol. The highest BCUT2D eigenvalue weighted by Crippen LogP contribution is 2.42. The maximum Gasteiger partial charge on any atom is 0.230 e. The lowest BCUT2D eigenvalue weighted by Crippen LogP contribution is -2.45. The van der Waals surface area contributed by atoms with Crippen molar-refractivity contribution in [1.29, 1.82) is 0 Å². The lowest BCUT2D eigenvalue weighted by Gasteiger charge is -2.36. The van der Waals surface area contributed by atoms with Gasteiger partial charge in [0.05, 0.1) is 5.92 Å². The molecule has 0 aromatic heterocycles. The van der Waals surface area contributed by atoms with E-state index in [4.69, 9.17) is 0 Å². The van der Waals surface area contributed by atoms with Crippen LogP contribution in [-0.4, -0.2) is 35.8 Å². The maximum atomic E-state index is 13.4. The minimum atomic E-state index is -0.364. The van der Waals surface area contributed by atoms with Crippen LogP contribution in [0.2, 0.25) is 0 Å². The molecule has 5 rings (SSSR count). The molecule has 2 aromatic rings. The van der Waals surface area contributed by atoms with Crippen molar-refractivity contribution in [3.63, 3.8) is 0 Å². The number of likely N-dealkylation sites (N-methyl/N-ethyl adjacent to an activating group) is 1. The van der Waals surface area contributed by atoms with Crippen molar-refractivity contribution in [2.75, 3.05) is 11.9 Å². The van der Waals surface area contributed by atoms with Gasteiger partial charge in [0.15, 0.2) is 0 Å². The third-order valence-electron chi connectivity index (χ3n) is 6.35. The number of amides is 2. The fraction of sp³-hybridized carbons (Fsp3) is 0.391. The molecule has 27 heavy (non-hydrogen) atoms. The zero-order chi connectivity index (χ0) is 18.5. The van der Waals surface area contributed by atoms with E-state index in [1.165, 1.54) is 11.1 Å². The van der Waals surface area contributed by atoms with Gasteiger partial charge in [0, 0.05) is 31.2 Å². The number of carbonyl (C=O) groups excluding carboxylic acids is 2. The van der Waals surface area contributed by atoms with Crippen molar-refractivity contribution in [1.82, 2.24) is 4.90 Å². The Kier molecular flexibility index (Phi) is 3.81. The Morgan fingerprint density at radius 1 is 0.963 bits per heavy atom. The number of anilines is 1. The van der Waals surface area contributed by atoms with Gasteiger partial charge in [-0.3, -0.25) is 9.59 Å². The molecule has 4 nitrogen and oxygen atoms in total. The van der Waals surface area contributed by atoms with E-state index >= 15 is 0 Å². The Morgan fingerprint density at radius 2 is 1.59 bits per heavy atom. The lowest BCUT2D eigenvalue weighted by molar-refractivity contribution is -0.136. The maximum absolute atomic E-state index is 13.4. The Hall–Kier alpha value is -2.62. The highest BCUT2D eigenvalue weighted by molar-refractivity contribution is 6.03. The van der Waals surface area contributed by atoms with Gasteiger partial charge in [0.2, 0.25) is 11.8 Å². The third kappa shape index (κ3) is 2.75. The second kappa shape index (κ2) is 6.22. The fourth-order valence-electron chi connectivity index (χ4n) is 4.71. The van der Waals surface area contributed by atoms with E-state index in [1.54, 1.807) is 0 Å². The number of carbonyl (C=O) groups is 2. The largest absolute Gasteiger partial charge is 0.342 e. The van der Waals surface area contributed by atoms with Gasteiger partial charge < -0.3 is 9.80 Å². The standard InChI is InChI=1S/C23H24N2O2/c1-24(18-12-15-6-2-3-7-16(15)13-18)23(27)20-14-22(26)25(17-10-11-17)21-9-5-4-8-19(20)21/h2-9,17-18,20H,10-14H2,1H3. The van der Waals surface area contributed by atoms with Crippen LogP contribution in [0.5, 0.6) is 0 Å². The van der Waals surface area contributed by atoms with Crippen molar-refractivity contribution < 1.29 is 9.59 Å². The summed E-state index contributed by atoms with van der Waals surface area (Å²) in [5, 5.41) is 0. The molecule has 4 heteroatoms. The average molecular weight is 360 g/mol. The van der Waals surface area contributed by atoms with Gasteiger partial charge >= 0.3 is 0 Å². The predicted molar refractivity (Wildman–Crippen MR) is 105 cm³/mol. The molecule has 1 fully saturated rings. The lowest BCUT2D eigenvalue weighted by atomic mass is 9.87. The van der Waals surface area contributed by atoms with Crippen LogP contribution in [-0.2, 0) is 22.4 Å². The van der Waals surface area contributed by atoms with Crippen molar-refractivity contribution in [2.45, 2.75) is 50.1 Å². The summed E-state index contributed by atoms with van der Waals surface area (Å²) in [6.45, 7) is 0.